The molecule has 0 N–H and O–H groups in total. The van der Waals surface area contributed by atoms with Crippen LogP contribution in [0.2, 0.25) is 0 Å². The van der Waals surface area contributed by atoms with E-state index in [1.54, 1.807) is 11.3 Å². The number of hydrogen-bond donors (Lipinski definition) is 0. The molecule has 10 aromatic rings. The summed E-state index contributed by atoms with van der Waals surface area (Å²) in [6.07, 6.45) is 6.19. The molecular formula is C59H41N3S. The predicted molar refractivity (Wildman–Crippen MR) is 264 cm³/mol. The molecule has 0 amide bonds. The Morgan fingerprint density at radius 3 is 1.54 bits per heavy atom. The molecule has 0 bridgehead atoms. The number of fused-ring (bicyclic) bond motifs is 4. The molecule has 11 rings (SSSR count). The summed E-state index contributed by atoms with van der Waals surface area (Å²) in [4.78, 5) is 17.3. The fraction of sp³-hybridized carbons (Fsp3) is 0.0339. The lowest BCUT2D eigenvalue weighted by Gasteiger charge is -2.34. The first-order chi connectivity index (χ1) is 31.2. The van der Waals surface area contributed by atoms with Gasteiger partial charge < -0.3 is 0 Å². The highest BCUT2D eigenvalue weighted by molar-refractivity contribution is 7.20. The lowest BCUT2D eigenvalue weighted by molar-refractivity contribution is 0.769. The van der Waals surface area contributed by atoms with Crippen molar-refractivity contribution in [2.75, 3.05) is 0 Å². The van der Waals surface area contributed by atoms with Gasteiger partial charge in [-0.25, -0.2) is 15.0 Å². The Labute approximate surface area is 372 Å². The number of aromatic nitrogens is 3. The molecule has 1 aliphatic rings. The number of thiophene rings is 1. The van der Waals surface area contributed by atoms with Crippen LogP contribution >= 0.6 is 11.3 Å². The topological polar surface area (TPSA) is 38.7 Å². The summed E-state index contributed by atoms with van der Waals surface area (Å²) in [5, 5.41) is 1.15. The predicted octanol–water partition coefficient (Wildman–Crippen LogP) is 15.5. The van der Waals surface area contributed by atoms with Crippen molar-refractivity contribution >= 4 is 33.6 Å². The van der Waals surface area contributed by atoms with Crippen molar-refractivity contribution in [3.8, 4) is 67.5 Å². The third-order valence-electron chi connectivity index (χ3n) is 12.4. The van der Waals surface area contributed by atoms with Crippen molar-refractivity contribution in [3.63, 3.8) is 0 Å². The number of nitrogens with zero attached hydrogens (tertiary/aromatic N) is 3. The highest BCUT2D eigenvalue weighted by Crippen LogP contribution is 2.57. The lowest BCUT2D eigenvalue weighted by atomic mass is 9.67. The molecule has 63 heavy (non-hydrogen) atoms. The van der Waals surface area contributed by atoms with Gasteiger partial charge in [-0.05, 0) is 80.3 Å². The van der Waals surface area contributed by atoms with Gasteiger partial charge in [0, 0.05) is 31.7 Å². The Hall–Kier alpha value is -7.79. The highest BCUT2D eigenvalue weighted by atomic mass is 32.1. The molecular weight excluding hydrogens is 783 g/mol. The SMILES string of the molecule is C=Cc1sc2c(-c3nc(-c4ccccc4-c4ccccc4)nc(-c4ccccc4-c4ccc5c(c4)C(c4ccccc4)(c4ccccc4)c4ccccc4-5)n3)cccc2c1/C=C\C. The van der Waals surface area contributed by atoms with E-state index in [2.05, 4.69) is 220 Å². The molecule has 0 atom stereocenters. The standard InChI is InChI=1S/C59H41N3S/c1-3-21-47-48-33-20-34-51(55(48)63-54(47)4-2)58-61-56(49-31-16-14-28-43(49)39-22-8-5-9-23-39)60-57(62-58)50-32-17-15-29-44(50)40-36-37-46-45-30-18-19-35-52(45)59(53(46)38-40,41-24-10-6-11-25-41)42-26-12-7-13-27-42/h3-38H,2H2,1H3/b21-3-. The van der Waals surface area contributed by atoms with Crippen LogP contribution in [-0.2, 0) is 5.41 Å². The third kappa shape index (κ3) is 6.30. The van der Waals surface area contributed by atoms with Gasteiger partial charge in [0.2, 0.25) is 0 Å². The van der Waals surface area contributed by atoms with Crippen molar-refractivity contribution < 1.29 is 0 Å². The molecule has 1 aliphatic carbocycles. The largest absolute Gasteiger partial charge is 0.208 e. The van der Waals surface area contributed by atoms with Crippen molar-refractivity contribution in [1.82, 2.24) is 15.0 Å². The van der Waals surface area contributed by atoms with Gasteiger partial charge in [-0.3, -0.25) is 0 Å². The Morgan fingerprint density at radius 2 is 0.937 bits per heavy atom. The fourth-order valence-electron chi connectivity index (χ4n) is 9.65. The van der Waals surface area contributed by atoms with E-state index in [-0.39, 0.29) is 0 Å². The van der Waals surface area contributed by atoms with Crippen molar-refractivity contribution in [2.45, 2.75) is 12.3 Å². The molecule has 4 heteroatoms. The van der Waals surface area contributed by atoms with E-state index in [0.717, 1.165) is 59.5 Å². The number of benzene rings is 8. The minimum Gasteiger partial charge on any atom is -0.208 e. The van der Waals surface area contributed by atoms with Crippen LogP contribution in [0.5, 0.6) is 0 Å². The molecule has 0 unspecified atom stereocenters. The smallest absolute Gasteiger partial charge is 0.165 e. The Bertz CT molecular complexity index is 3330. The molecule has 0 spiro atoms. The van der Waals surface area contributed by atoms with Gasteiger partial charge in [0.1, 0.15) is 0 Å². The summed E-state index contributed by atoms with van der Waals surface area (Å²) in [6.45, 7) is 6.22. The van der Waals surface area contributed by atoms with E-state index in [4.69, 9.17) is 15.0 Å². The maximum atomic E-state index is 5.42. The van der Waals surface area contributed by atoms with Crippen LogP contribution in [-0.4, -0.2) is 15.0 Å². The third-order valence-corrected chi connectivity index (χ3v) is 13.6. The first-order valence-electron chi connectivity index (χ1n) is 21.3. The first-order valence-corrected chi connectivity index (χ1v) is 22.2. The van der Waals surface area contributed by atoms with Gasteiger partial charge in [0.05, 0.1) is 5.41 Å². The van der Waals surface area contributed by atoms with Crippen LogP contribution in [0.1, 0.15) is 39.6 Å². The van der Waals surface area contributed by atoms with E-state index in [1.807, 2.05) is 12.1 Å². The molecule has 0 aliphatic heterocycles. The summed E-state index contributed by atoms with van der Waals surface area (Å²) in [6, 6.07) is 71.6. The molecule has 2 heterocycles. The van der Waals surface area contributed by atoms with Gasteiger partial charge >= 0.3 is 0 Å². The summed E-state index contributed by atoms with van der Waals surface area (Å²) in [5.74, 6) is 1.85. The second kappa shape index (κ2) is 15.9. The average Bonchev–Trinajstić information content (AvgIpc) is 3.87. The first kappa shape index (κ1) is 38.2. The van der Waals surface area contributed by atoms with Crippen LogP contribution < -0.4 is 0 Å². The number of rotatable bonds is 9. The zero-order valence-electron chi connectivity index (χ0n) is 34.7. The van der Waals surface area contributed by atoms with Crippen LogP contribution in [0, 0.1) is 0 Å². The van der Waals surface area contributed by atoms with Crippen molar-refractivity contribution in [2.24, 2.45) is 0 Å². The maximum Gasteiger partial charge on any atom is 0.165 e. The fourth-order valence-corrected chi connectivity index (χ4v) is 10.8. The van der Waals surface area contributed by atoms with Gasteiger partial charge in [-0.2, -0.15) is 0 Å². The van der Waals surface area contributed by atoms with Crippen molar-refractivity contribution in [1.29, 1.82) is 0 Å². The van der Waals surface area contributed by atoms with E-state index < -0.39 is 5.41 Å². The molecule has 2 aromatic heterocycles. The van der Waals surface area contributed by atoms with Gasteiger partial charge in [0.15, 0.2) is 17.5 Å². The molecule has 8 aromatic carbocycles. The molecule has 0 saturated carbocycles. The molecule has 0 fully saturated rings. The molecule has 3 nitrogen and oxygen atoms in total. The van der Waals surface area contributed by atoms with E-state index in [9.17, 15) is 0 Å². The van der Waals surface area contributed by atoms with E-state index in [0.29, 0.717) is 17.5 Å². The molecule has 0 radical (unpaired) electrons. The maximum absolute atomic E-state index is 5.42. The normalized spacial score (nSPS) is 12.7. The molecule has 0 saturated heterocycles. The highest BCUT2D eigenvalue weighted by Gasteiger charge is 2.46. The van der Waals surface area contributed by atoms with Gasteiger partial charge in [-0.15, -0.1) is 11.3 Å². The summed E-state index contributed by atoms with van der Waals surface area (Å²) >= 11 is 1.72. The van der Waals surface area contributed by atoms with E-state index in [1.165, 1.54) is 33.4 Å². The van der Waals surface area contributed by atoms with Crippen LogP contribution in [0.15, 0.2) is 213 Å². The average molecular weight is 824 g/mol. The zero-order valence-corrected chi connectivity index (χ0v) is 35.6. The number of allylic oxidation sites excluding steroid dienone is 1. The zero-order chi connectivity index (χ0) is 42.3. The summed E-state index contributed by atoms with van der Waals surface area (Å²) in [5.41, 5.74) is 15.3. The van der Waals surface area contributed by atoms with Gasteiger partial charge in [0.25, 0.3) is 0 Å². The van der Waals surface area contributed by atoms with Gasteiger partial charge in [-0.1, -0.05) is 213 Å². The second-order valence-corrected chi connectivity index (χ2v) is 16.9. The summed E-state index contributed by atoms with van der Waals surface area (Å²) in [7, 11) is 0. The van der Waals surface area contributed by atoms with Crippen LogP contribution in [0.3, 0.4) is 0 Å². The minimum atomic E-state index is -0.524. The Balaban J connectivity index is 1.16. The quantitative estimate of drug-likeness (QED) is 0.146. The van der Waals surface area contributed by atoms with Crippen LogP contribution in [0.4, 0.5) is 0 Å². The monoisotopic (exact) mass is 823 g/mol. The minimum absolute atomic E-state index is 0.524. The molecule has 298 valence electrons. The van der Waals surface area contributed by atoms with Crippen LogP contribution in [0.25, 0.3) is 89.8 Å². The van der Waals surface area contributed by atoms with Crippen molar-refractivity contribution in [3.05, 3.63) is 246 Å². The Kier molecular flexibility index (Phi) is 9.64. The Morgan fingerprint density at radius 1 is 0.444 bits per heavy atom. The van der Waals surface area contributed by atoms with E-state index >= 15 is 0 Å². The second-order valence-electron chi connectivity index (χ2n) is 15.8. The lowest BCUT2D eigenvalue weighted by Crippen LogP contribution is -2.28. The summed E-state index contributed by atoms with van der Waals surface area (Å²) < 4.78 is 1.12. The number of hydrogen-bond acceptors (Lipinski definition) is 4.